The van der Waals surface area contributed by atoms with E-state index >= 15 is 0 Å². The third-order valence-corrected chi connectivity index (χ3v) is 13.5. The second kappa shape index (κ2) is 6.55. The van der Waals surface area contributed by atoms with Crippen LogP contribution in [-0.2, 0) is 9.47 Å². The Kier molecular flexibility index (Phi) is 4.57. The molecule has 1 aliphatic heterocycles. The van der Waals surface area contributed by atoms with E-state index in [-0.39, 0.29) is 17.3 Å². The first kappa shape index (κ1) is 22.4. The quantitative estimate of drug-likeness (QED) is 0.512. The fourth-order valence-corrected chi connectivity index (χ4v) is 11.2. The highest BCUT2D eigenvalue weighted by Crippen LogP contribution is 2.82. The van der Waals surface area contributed by atoms with Crippen molar-refractivity contribution in [1.82, 2.24) is 0 Å². The molecule has 3 heteroatoms. The highest BCUT2D eigenvalue weighted by molar-refractivity contribution is 5.26. The molecule has 1 N–H and O–H groups in total. The zero-order chi connectivity index (χ0) is 22.9. The van der Waals surface area contributed by atoms with Gasteiger partial charge in [0.25, 0.3) is 0 Å². The van der Waals surface area contributed by atoms with Crippen LogP contribution in [0.3, 0.4) is 0 Å². The van der Waals surface area contributed by atoms with Crippen molar-refractivity contribution >= 4 is 0 Å². The molecule has 182 valence electrons. The minimum atomic E-state index is -0.263. The normalized spacial score (nSPS) is 58.9. The van der Waals surface area contributed by atoms with Gasteiger partial charge in [0.1, 0.15) is 0 Å². The lowest BCUT2D eigenvalue weighted by Crippen LogP contribution is -2.57. The van der Waals surface area contributed by atoms with E-state index in [9.17, 15) is 5.11 Å². The fourth-order valence-electron chi connectivity index (χ4n) is 11.2. The number of epoxide rings is 1. The van der Waals surface area contributed by atoms with Gasteiger partial charge in [0.05, 0.1) is 23.4 Å². The van der Waals surface area contributed by atoms with E-state index in [2.05, 4.69) is 41.5 Å². The lowest BCUT2D eigenvalue weighted by atomic mass is 9.45. The van der Waals surface area contributed by atoms with Gasteiger partial charge in [0.2, 0.25) is 0 Å². The number of fused-ring (bicyclic) bond motifs is 4. The smallest absolute Gasteiger partial charge is 0.0971 e. The molecule has 0 radical (unpaired) electrons. The number of hydrogen-bond donors (Lipinski definition) is 1. The van der Waals surface area contributed by atoms with Gasteiger partial charge in [-0.1, -0.05) is 20.8 Å². The number of rotatable bonds is 5. The van der Waals surface area contributed by atoms with Crippen LogP contribution < -0.4 is 0 Å². The van der Waals surface area contributed by atoms with E-state index in [1.807, 2.05) is 7.11 Å². The van der Waals surface area contributed by atoms with Gasteiger partial charge in [-0.2, -0.15) is 0 Å². The number of methoxy groups -OCH3 is 1. The molecule has 0 amide bonds. The molecule has 1 spiro atoms. The zero-order valence-electron chi connectivity index (χ0n) is 21.7. The lowest BCUT2D eigenvalue weighted by molar-refractivity contribution is -0.162. The Morgan fingerprint density at radius 2 is 1.72 bits per heavy atom. The first-order valence-corrected chi connectivity index (χ1v) is 13.8. The molecule has 1 heterocycles. The van der Waals surface area contributed by atoms with Crippen LogP contribution >= 0.6 is 0 Å². The van der Waals surface area contributed by atoms with Gasteiger partial charge in [-0.05, 0) is 118 Å². The molecule has 1 saturated heterocycles. The van der Waals surface area contributed by atoms with Crippen LogP contribution in [0.4, 0.5) is 0 Å². The Bertz CT molecular complexity index is 793. The Labute approximate surface area is 196 Å². The molecule has 32 heavy (non-hydrogen) atoms. The SMILES string of the molecule is CO[C@@H]1C[C@H]2[C@@H]3CC[C@H]([C@H](C)[C@@H](O)C[C@]4(C)OC4(C)C)[C@@]3(C)CC[C@@H]2[C@@]2(C)CC[C@@H]3C[C@]312. The van der Waals surface area contributed by atoms with Crippen molar-refractivity contribution in [3.8, 4) is 0 Å². The average molecular weight is 445 g/mol. The summed E-state index contributed by atoms with van der Waals surface area (Å²) in [5.41, 5.74) is 1.17. The summed E-state index contributed by atoms with van der Waals surface area (Å²) in [6.07, 6.45) is 12.1. The molecular weight excluding hydrogens is 396 g/mol. The molecule has 6 fully saturated rings. The largest absolute Gasteiger partial charge is 0.393 e. The maximum atomic E-state index is 11.3. The van der Waals surface area contributed by atoms with Gasteiger partial charge in [-0.25, -0.2) is 0 Å². The molecule has 6 rings (SSSR count). The number of ether oxygens (including phenoxy) is 2. The van der Waals surface area contributed by atoms with E-state index in [4.69, 9.17) is 9.47 Å². The molecular formula is C29H48O3. The van der Waals surface area contributed by atoms with E-state index in [1.54, 1.807) is 0 Å². The lowest BCUT2D eigenvalue weighted by Gasteiger charge is -2.61. The molecule has 0 aromatic heterocycles. The maximum Gasteiger partial charge on any atom is 0.0971 e. The summed E-state index contributed by atoms with van der Waals surface area (Å²) in [5.74, 6) is 4.48. The van der Waals surface area contributed by atoms with Crippen LogP contribution in [-0.4, -0.2) is 35.6 Å². The van der Waals surface area contributed by atoms with E-state index in [1.165, 1.54) is 51.4 Å². The third kappa shape index (κ3) is 2.55. The number of aliphatic hydroxyl groups excluding tert-OH is 1. The minimum absolute atomic E-state index is 0.0848. The fraction of sp³-hybridized carbons (Fsp3) is 1.00. The number of hydrogen-bond acceptors (Lipinski definition) is 3. The summed E-state index contributed by atoms with van der Waals surface area (Å²) < 4.78 is 12.3. The van der Waals surface area contributed by atoms with Crippen molar-refractivity contribution < 1.29 is 14.6 Å². The first-order chi connectivity index (χ1) is 14.9. The molecule has 5 saturated carbocycles. The monoisotopic (exact) mass is 444 g/mol. The summed E-state index contributed by atoms with van der Waals surface area (Å²) in [5, 5.41) is 11.3. The van der Waals surface area contributed by atoms with Gasteiger partial charge in [-0.3, -0.25) is 0 Å². The van der Waals surface area contributed by atoms with Crippen LogP contribution in [0, 0.1) is 51.8 Å². The Morgan fingerprint density at radius 1 is 1.00 bits per heavy atom. The van der Waals surface area contributed by atoms with Crippen LogP contribution in [0.1, 0.15) is 99.3 Å². The first-order valence-electron chi connectivity index (χ1n) is 13.8. The predicted octanol–water partition coefficient (Wildman–Crippen LogP) is 6.22. The van der Waals surface area contributed by atoms with Crippen molar-refractivity contribution in [2.75, 3.05) is 7.11 Å². The van der Waals surface area contributed by atoms with Crippen molar-refractivity contribution in [3.63, 3.8) is 0 Å². The highest BCUT2D eigenvalue weighted by atomic mass is 16.6. The molecule has 0 aromatic rings. The van der Waals surface area contributed by atoms with E-state index in [0.29, 0.717) is 34.2 Å². The van der Waals surface area contributed by atoms with Crippen LogP contribution in [0.5, 0.6) is 0 Å². The van der Waals surface area contributed by atoms with Gasteiger partial charge in [0.15, 0.2) is 0 Å². The molecule has 0 bridgehead atoms. The predicted molar refractivity (Wildman–Crippen MR) is 127 cm³/mol. The Hall–Kier alpha value is -0.120. The van der Waals surface area contributed by atoms with Gasteiger partial charge < -0.3 is 14.6 Å². The van der Waals surface area contributed by atoms with Gasteiger partial charge in [0, 0.05) is 18.9 Å². The zero-order valence-corrected chi connectivity index (χ0v) is 21.7. The van der Waals surface area contributed by atoms with Gasteiger partial charge in [-0.15, -0.1) is 0 Å². The number of aliphatic hydroxyl groups is 1. The second-order valence-electron chi connectivity index (χ2n) is 14.4. The Morgan fingerprint density at radius 3 is 2.34 bits per heavy atom. The topological polar surface area (TPSA) is 42.0 Å². The molecule has 6 aliphatic rings. The van der Waals surface area contributed by atoms with Crippen LogP contribution in [0.25, 0.3) is 0 Å². The summed E-state index contributed by atoms with van der Waals surface area (Å²) in [4.78, 5) is 0. The van der Waals surface area contributed by atoms with Crippen molar-refractivity contribution in [2.45, 2.75) is 123 Å². The van der Waals surface area contributed by atoms with Crippen LogP contribution in [0.15, 0.2) is 0 Å². The van der Waals surface area contributed by atoms with Crippen molar-refractivity contribution in [2.24, 2.45) is 51.8 Å². The van der Waals surface area contributed by atoms with Crippen molar-refractivity contribution in [1.29, 1.82) is 0 Å². The molecule has 5 aliphatic carbocycles. The highest BCUT2D eigenvalue weighted by Gasteiger charge is 2.77. The summed E-state index contributed by atoms with van der Waals surface area (Å²) >= 11 is 0. The minimum Gasteiger partial charge on any atom is -0.393 e. The molecule has 3 nitrogen and oxygen atoms in total. The van der Waals surface area contributed by atoms with Crippen LogP contribution in [0.2, 0.25) is 0 Å². The van der Waals surface area contributed by atoms with Crippen molar-refractivity contribution in [3.05, 3.63) is 0 Å². The standard InChI is InChI=1S/C29H48O3/c1-17(23(30)16-28(6)25(2,3)32-28)20-8-9-21-19-14-24(31-7)29-15-18(29)10-13-27(29,5)22(19)11-12-26(20,21)4/h17-24,30H,8-16H2,1-7H3/t17-,18+,19-,20+,21-,22-,23-,24+,26+,27+,28-,29-/m0/s1. The maximum absolute atomic E-state index is 11.3. The molecule has 0 unspecified atom stereocenters. The summed E-state index contributed by atoms with van der Waals surface area (Å²) in [6, 6.07) is 0. The summed E-state index contributed by atoms with van der Waals surface area (Å²) in [6.45, 7) is 14.1. The van der Waals surface area contributed by atoms with E-state index in [0.717, 1.165) is 30.1 Å². The molecule has 12 atom stereocenters. The van der Waals surface area contributed by atoms with E-state index < -0.39 is 0 Å². The summed E-state index contributed by atoms with van der Waals surface area (Å²) in [7, 11) is 1.99. The Balaban J connectivity index is 1.23. The average Bonchev–Trinajstić information content (AvgIpc) is 3.45. The third-order valence-electron chi connectivity index (χ3n) is 13.5. The van der Waals surface area contributed by atoms with Gasteiger partial charge >= 0.3 is 0 Å². The second-order valence-corrected chi connectivity index (χ2v) is 14.4. The molecule has 0 aromatic carbocycles.